The van der Waals surface area contributed by atoms with Gasteiger partial charge in [0, 0.05) is 18.0 Å². The maximum Gasteiger partial charge on any atom is 0.340 e. The molecule has 8 nitrogen and oxygen atoms in total. The SMILES string of the molecule is COc1ccccc1C(=O)NC(=O)COC(=O)c1ccc(Cl)cc1N1CCCC1=O. The van der Waals surface area contributed by atoms with Gasteiger partial charge in [-0.15, -0.1) is 0 Å². The van der Waals surface area contributed by atoms with Crippen molar-refractivity contribution in [2.24, 2.45) is 0 Å². The topological polar surface area (TPSA) is 102 Å². The Morgan fingerprint density at radius 2 is 1.90 bits per heavy atom. The molecule has 2 aromatic rings. The Morgan fingerprint density at radius 3 is 2.60 bits per heavy atom. The van der Waals surface area contributed by atoms with Crippen molar-refractivity contribution < 1.29 is 28.7 Å². The van der Waals surface area contributed by atoms with Crippen LogP contribution in [0.15, 0.2) is 42.5 Å². The summed E-state index contributed by atoms with van der Waals surface area (Å²) in [5.74, 6) is -2.09. The van der Waals surface area contributed by atoms with Crippen molar-refractivity contribution in [3.8, 4) is 5.75 Å². The van der Waals surface area contributed by atoms with Crippen molar-refractivity contribution in [3.63, 3.8) is 0 Å². The number of rotatable bonds is 6. The van der Waals surface area contributed by atoms with Crippen LogP contribution in [-0.2, 0) is 14.3 Å². The first kappa shape index (κ1) is 21.3. The number of carbonyl (C=O) groups is 4. The number of methoxy groups -OCH3 is 1. The zero-order chi connectivity index (χ0) is 21.7. The minimum absolute atomic E-state index is 0.110. The molecule has 2 aromatic carbocycles. The van der Waals surface area contributed by atoms with Gasteiger partial charge in [0.1, 0.15) is 5.75 Å². The van der Waals surface area contributed by atoms with E-state index >= 15 is 0 Å². The summed E-state index contributed by atoms with van der Waals surface area (Å²) in [5.41, 5.74) is 0.617. The molecule has 0 aliphatic carbocycles. The van der Waals surface area contributed by atoms with Crippen molar-refractivity contribution in [2.75, 3.05) is 25.2 Å². The molecule has 0 bridgehead atoms. The number of ether oxygens (including phenoxy) is 2. The average Bonchev–Trinajstić information content (AvgIpc) is 3.17. The van der Waals surface area contributed by atoms with Crippen LogP contribution in [0.1, 0.15) is 33.6 Å². The largest absolute Gasteiger partial charge is 0.496 e. The number of hydrogen-bond donors (Lipinski definition) is 1. The molecule has 0 saturated carbocycles. The van der Waals surface area contributed by atoms with Crippen LogP contribution in [0.25, 0.3) is 0 Å². The van der Waals surface area contributed by atoms with E-state index in [-0.39, 0.29) is 17.0 Å². The number of carbonyl (C=O) groups excluding carboxylic acids is 4. The Kier molecular flexibility index (Phi) is 6.68. The van der Waals surface area contributed by atoms with E-state index in [0.29, 0.717) is 35.8 Å². The van der Waals surface area contributed by atoms with E-state index in [1.165, 1.54) is 36.3 Å². The molecule has 0 unspecified atom stereocenters. The van der Waals surface area contributed by atoms with Gasteiger partial charge in [-0.25, -0.2) is 4.79 Å². The number of benzene rings is 2. The van der Waals surface area contributed by atoms with Crippen LogP contribution in [0.3, 0.4) is 0 Å². The summed E-state index contributed by atoms with van der Waals surface area (Å²) in [7, 11) is 1.41. The maximum absolute atomic E-state index is 12.5. The van der Waals surface area contributed by atoms with E-state index in [1.807, 2.05) is 0 Å². The number of nitrogens with zero attached hydrogens (tertiary/aromatic N) is 1. The van der Waals surface area contributed by atoms with Gasteiger partial charge >= 0.3 is 5.97 Å². The molecule has 30 heavy (non-hydrogen) atoms. The van der Waals surface area contributed by atoms with Crippen LogP contribution in [0.2, 0.25) is 5.02 Å². The molecule has 1 saturated heterocycles. The lowest BCUT2D eigenvalue weighted by molar-refractivity contribution is -0.123. The number of imide groups is 1. The molecule has 9 heteroatoms. The highest BCUT2D eigenvalue weighted by Crippen LogP contribution is 2.29. The molecule has 1 aliphatic heterocycles. The summed E-state index contributed by atoms with van der Waals surface area (Å²) in [6.07, 6.45) is 1.06. The Hall–Kier alpha value is -3.39. The number of nitrogens with one attached hydrogen (secondary N) is 1. The minimum Gasteiger partial charge on any atom is -0.496 e. The van der Waals surface area contributed by atoms with E-state index in [0.717, 1.165) is 0 Å². The van der Waals surface area contributed by atoms with Gasteiger partial charge in [-0.05, 0) is 36.8 Å². The summed E-state index contributed by atoms with van der Waals surface area (Å²) in [6.45, 7) is -0.205. The normalized spacial score (nSPS) is 13.1. The standard InChI is InChI=1S/C21H19ClN2O6/c1-29-17-6-3-2-5-15(17)20(27)23-18(25)12-30-21(28)14-9-8-13(22)11-16(14)24-10-4-7-19(24)26/h2-3,5-6,8-9,11H,4,7,10,12H2,1H3,(H,23,25,27). The third-order valence-electron chi connectivity index (χ3n) is 4.48. The lowest BCUT2D eigenvalue weighted by Gasteiger charge is -2.19. The molecule has 1 N–H and O–H groups in total. The average molecular weight is 431 g/mol. The van der Waals surface area contributed by atoms with E-state index in [2.05, 4.69) is 5.32 Å². The van der Waals surface area contributed by atoms with Gasteiger partial charge in [0.25, 0.3) is 11.8 Å². The fourth-order valence-corrected chi connectivity index (χ4v) is 3.24. The van der Waals surface area contributed by atoms with Gasteiger partial charge in [-0.2, -0.15) is 0 Å². The van der Waals surface area contributed by atoms with E-state index in [4.69, 9.17) is 21.1 Å². The predicted octanol–water partition coefficient (Wildman–Crippen LogP) is 2.59. The smallest absolute Gasteiger partial charge is 0.340 e. The zero-order valence-electron chi connectivity index (χ0n) is 16.1. The molecule has 3 rings (SSSR count). The number of para-hydroxylation sites is 1. The van der Waals surface area contributed by atoms with Crippen LogP contribution < -0.4 is 15.0 Å². The van der Waals surface area contributed by atoms with Crippen molar-refractivity contribution in [1.29, 1.82) is 0 Å². The highest BCUT2D eigenvalue weighted by molar-refractivity contribution is 6.31. The van der Waals surface area contributed by atoms with Crippen LogP contribution in [-0.4, -0.2) is 44.0 Å². The second-order valence-electron chi connectivity index (χ2n) is 6.46. The summed E-state index contributed by atoms with van der Waals surface area (Å²) < 4.78 is 10.1. The molecule has 1 heterocycles. The third-order valence-corrected chi connectivity index (χ3v) is 4.72. The molecule has 0 spiro atoms. The van der Waals surface area contributed by atoms with Gasteiger partial charge in [-0.3, -0.25) is 19.7 Å². The van der Waals surface area contributed by atoms with Crippen molar-refractivity contribution in [2.45, 2.75) is 12.8 Å². The summed E-state index contributed by atoms with van der Waals surface area (Å²) >= 11 is 6.01. The molecule has 1 fully saturated rings. The number of anilines is 1. The zero-order valence-corrected chi connectivity index (χ0v) is 16.9. The lowest BCUT2D eigenvalue weighted by Crippen LogP contribution is -2.34. The predicted molar refractivity (Wildman–Crippen MR) is 109 cm³/mol. The Labute approximate surface area is 177 Å². The minimum atomic E-state index is -0.804. The van der Waals surface area contributed by atoms with Crippen LogP contribution >= 0.6 is 11.6 Å². The third kappa shape index (κ3) is 4.77. The first-order chi connectivity index (χ1) is 14.4. The fourth-order valence-electron chi connectivity index (χ4n) is 3.07. The molecular formula is C21H19ClN2O6. The van der Waals surface area contributed by atoms with Crippen LogP contribution in [0.4, 0.5) is 5.69 Å². The van der Waals surface area contributed by atoms with Crippen LogP contribution in [0.5, 0.6) is 5.75 Å². The van der Waals surface area contributed by atoms with Crippen molar-refractivity contribution in [1.82, 2.24) is 5.32 Å². The molecule has 0 aromatic heterocycles. The molecule has 1 aliphatic rings. The number of amides is 3. The van der Waals surface area contributed by atoms with E-state index in [1.54, 1.807) is 18.2 Å². The van der Waals surface area contributed by atoms with Gasteiger partial charge in [0.05, 0.1) is 23.9 Å². The Balaban J connectivity index is 1.65. The number of hydrogen-bond acceptors (Lipinski definition) is 6. The first-order valence-electron chi connectivity index (χ1n) is 9.15. The van der Waals surface area contributed by atoms with Crippen molar-refractivity contribution in [3.05, 3.63) is 58.6 Å². The van der Waals surface area contributed by atoms with Gasteiger partial charge in [0.2, 0.25) is 5.91 Å². The number of esters is 1. The number of halogens is 1. The Morgan fingerprint density at radius 1 is 1.13 bits per heavy atom. The molecule has 0 radical (unpaired) electrons. The first-order valence-corrected chi connectivity index (χ1v) is 9.52. The van der Waals surface area contributed by atoms with Gasteiger partial charge in [0.15, 0.2) is 6.61 Å². The summed E-state index contributed by atoms with van der Waals surface area (Å²) in [6, 6.07) is 10.8. The summed E-state index contributed by atoms with van der Waals surface area (Å²) in [5, 5.41) is 2.51. The highest BCUT2D eigenvalue weighted by Gasteiger charge is 2.27. The highest BCUT2D eigenvalue weighted by atomic mass is 35.5. The van der Waals surface area contributed by atoms with Crippen molar-refractivity contribution >= 4 is 41.0 Å². The van der Waals surface area contributed by atoms with Gasteiger partial charge < -0.3 is 14.4 Å². The second kappa shape index (κ2) is 9.41. The van der Waals surface area contributed by atoms with E-state index < -0.39 is 24.4 Å². The fraction of sp³-hybridized carbons (Fsp3) is 0.238. The lowest BCUT2D eigenvalue weighted by atomic mass is 10.1. The van der Waals surface area contributed by atoms with Crippen LogP contribution in [0, 0.1) is 0 Å². The van der Waals surface area contributed by atoms with E-state index in [9.17, 15) is 19.2 Å². The quantitative estimate of drug-likeness (QED) is 0.707. The Bertz CT molecular complexity index is 1010. The molecule has 156 valence electrons. The van der Waals surface area contributed by atoms with Gasteiger partial charge in [-0.1, -0.05) is 23.7 Å². The second-order valence-corrected chi connectivity index (χ2v) is 6.90. The summed E-state index contributed by atoms with van der Waals surface area (Å²) in [4.78, 5) is 50.3. The monoisotopic (exact) mass is 430 g/mol. The molecule has 3 amide bonds. The molecule has 0 atom stereocenters. The maximum atomic E-state index is 12.5. The molecular weight excluding hydrogens is 412 g/mol.